The molecule has 3 aromatic rings. The number of nitrogens with one attached hydrogen (secondary N) is 1. The van der Waals surface area contributed by atoms with Gasteiger partial charge in [-0.05, 0) is 29.5 Å². The minimum absolute atomic E-state index is 0.0397. The Hall–Kier alpha value is -3.74. The van der Waals surface area contributed by atoms with Crippen LogP contribution in [0.15, 0.2) is 67.0 Å². The molecule has 1 aliphatic rings. The van der Waals surface area contributed by atoms with E-state index in [-0.39, 0.29) is 11.8 Å². The minimum Gasteiger partial charge on any atom is -0.359 e. The predicted octanol–water partition coefficient (Wildman–Crippen LogP) is 3.03. The van der Waals surface area contributed by atoms with Crippen molar-refractivity contribution < 1.29 is 9.59 Å². The Labute approximate surface area is 194 Å². The van der Waals surface area contributed by atoms with Crippen molar-refractivity contribution in [2.45, 2.75) is 12.8 Å². The predicted molar refractivity (Wildman–Crippen MR) is 129 cm³/mol. The molecule has 1 N–H and O–H groups in total. The summed E-state index contributed by atoms with van der Waals surface area (Å²) in [6.07, 6.45) is 4.26. The molecule has 0 bridgehead atoms. The molecular formula is C26H29N5O2. The first-order valence-corrected chi connectivity index (χ1v) is 11.1. The second-order valence-electron chi connectivity index (χ2n) is 8.75. The molecule has 1 saturated heterocycles. The number of hydrogen-bond donors (Lipinski definition) is 1. The molecule has 1 aromatic heterocycles. The number of likely N-dealkylation sites (tertiary alicyclic amines) is 1. The Kier molecular flexibility index (Phi) is 6.40. The zero-order valence-electron chi connectivity index (χ0n) is 19.3. The highest BCUT2D eigenvalue weighted by molar-refractivity contribution is 5.95. The smallest absolute Gasteiger partial charge is 0.257 e. The highest BCUT2D eigenvalue weighted by atomic mass is 16.2. The molecule has 33 heavy (non-hydrogen) atoms. The van der Waals surface area contributed by atoms with Gasteiger partial charge in [0.15, 0.2) is 0 Å². The van der Waals surface area contributed by atoms with E-state index < -0.39 is 5.41 Å². The molecule has 1 fully saturated rings. The van der Waals surface area contributed by atoms with Gasteiger partial charge in [0.05, 0.1) is 11.0 Å². The standard InChI is InChI=1S/C26H29N5O2/c1-27-24(33)26(15-19-8-7-11-21(14-19)20-9-5-4-6-10-20)12-13-31(18-26)23(32)22-16-28-25(29-17-22)30(2)3/h4-11,14,16-17H,12-13,15,18H2,1-3H3,(H,27,33)/t26-/m1/s1. The summed E-state index contributed by atoms with van der Waals surface area (Å²) < 4.78 is 0. The summed E-state index contributed by atoms with van der Waals surface area (Å²) >= 11 is 0. The summed E-state index contributed by atoms with van der Waals surface area (Å²) in [4.78, 5) is 38.2. The van der Waals surface area contributed by atoms with Gasteiger partial charge < -0.3 is 15.1 Å². The van der Waals surface area contributed by atoms with E-state index in [0.29, 0.717) is 37.4 Å². The van der Waals surface area contributed by atoms with Crippen molar-refractivity contribution in [1.82, 2.24) is 20.2 Å². The van der Waals surface area contributed by atoms with Crippen LogP contribution in [0.3, 0.4) is 0 Å². The summed E-state index contributed by atoms with van der Waals surface area (Å²) in [6, 6.07) is 18.5. The van der Waals surface area contributed by atoms with Crippen LogP contribution in [0.5, 0.6) is 0 Å². The van der Waals surface area contributed by atoms with Gasteiger partial charge in [-0.3, -0.25) is 9.59 Å². The lowest BCUT2D eigenvalue weighted by Gasteiger charge is -2.28. The van der Waals surface area contributed by atoms with E-state index in [1.54, 1.807) is 29.2 Å². The van der Waals surface area contributed by atoms with Crippen molar-refractivity contribution in [1.29, 1.82) is 0 Å². The fraction of sp³-hybridized carbons (Fsp3) is 0.308. The number of aromatic nitrogens is 2. The first-order valence-electron chi connectivity index (χ1n) is 11.1. The molecule has 2 amide bonds. The van der Waals surface area contributed by atoms with E-state index in [1.165, 1.54) is 0 Å². The fourth-order valence-electron chi connectivity index (χ4n) is 4.45. The molecule has 2 heterocycles. The van der Waals surface area contributed by atoms with E-state index in [0.717, 1.165) is 16.7 Å². The highest BCUT2D eigenvalue weighted by Crippen LogP contribution is 2.36. The van der Waals surface area contributed by atoms with E-state index in [1.807, 2.05) is 38.4 Å². The van der Waals surface area contributed by atoms with Gasteiger partial charge in [-0.2, -0.15) is 0 Å². The maximum Gasteiger partial charge on any atom is 0.257 e. The van der Waals surface area contributed by atoms with E-state index >= 15 is 0 Å². The van der Waals surface area contributed by atoms with Crippen LogP contribution in [-0.4, -0.2) is 60.9 Å². The summed E-state index contributed by atoms with van der Waals surface area (Å²) in [5.74, 6) is 0.359. The molecular weight excluding hydrogens is 414 g/mol. The monoisotopic (exact) mass is 443 g/mol. The molecule has 0 spiro atoms. The van der Waals surface area contributed by atoms with Crippen LogP contribution in [0.1, 0.15) is 22.3 Å². The summed E-state index contributed by atoms with van der Waals surface area (Å²) in [5, 5.41) is 2.83. The number of hydrogen-bond acceptors (Lipinski definition) is 5. The van der Waals surface area contributed by atoms with Crippen molar-refractivity contribution in [2.24, 2.45) is 5.41 Å². The average Bonchev–Trinajstić information content (AvgIpc) is 3.29. The zero-order valence-corrected chi connectivity index (χ0v) is 19.3. The van der Waals surface area contributed by atoms with Crippen molar-refractivity contribution in [3.63, 3.8) is 0 Å². The van der Waals surface area contributed by atoms with Gasteiger partial charge in [-0.25, -0.2) is 9.97 Å². The Bertz CT molecular complexity index is 1130. The van der Waals surface area contributed by atoms with Crippen molar-refractivity contribution in [3.05, 3.63) is 78.1 Å². The van der Waals surface area contributed by atoms with Gasteiger partial charge >= 0.3 is 0 Å². The Balaban J connectivity index is 1.55. The van der Waals surface area contributed by atoms with Crippen molar-refractivity contribution in [2.75, 3.05) is 39.1 Å². The lowest BCUT2D eigenvalue weighted by molar-refractivity contribution is -0.129. The van der Waals surface area contributed by atoms with Crippen molar-refractivity contribution in [3.8, 4) is 11.1 Å². The maximum atomic E-state index is 13.1. The number of carbonyl (C=O) groups excluding carboxylic acids is 2. The number of rotatable bonds is 6. The molecule has 0 unspecified atom stereocenters. The van der Waals surface area contributed by atoms with E-state index in [2.05, 4.69) is 45.6 Å². The number of carbonyl (C=O) groups is 2. The van der Waals surface area contributed by atoms with E-state index in [4.69, 9.17) is 0 Å². The third-order valence-electron chi connectivity index (χ3n) is 6.21. The largest absolute Gasteiger partial charge is 0.359 e. The molecule has 0 aliphatic carbocycles. The molecule has 7 heteroatoms. The second-order valence-corrected chi connectivity index (χ2v) is 8.75. The molecule has 4 rings (SSSR count). The Morgan fingerprint density at radius 3 is 2.39 bits per heavy atom. The normalized spacial score (nSPS) is 17.6. The number of benzene rings is 2. The first kappa shape index (κ1) is 22.5. The van der Waals surface area contributed by atoms with Gasteiger partial charge in [-0.1, -0.05) is 54.6 Å². The quantitative estimate of drug-likeness (QED) is 0.634. The first-order chi connectivity index (χ1) is 15.9. The average molecular weight is 444 g/mol. The molecule has 0 radical (unpaired) electrons. The molecule has 170 valence electrons. The zero-order chi connectivity index (χ0) is 23.4. The Morgan fingerprint density at radius 1 is 1.03 bits per heavy atom. The lowest BCUT2D eigenvalue weighted by Crippen LogP contribution is -2.44. The topological polar surface area (TPSA) is 78.4 Å². The molecule has 2 aromatic carbocycles. The van der Waals surface area contributed by atoms with Crippen LogP contribution in [0.2, 0.25) is 0 Å². The summed E-state index contributed by atoms with van der Waals surface area (Å²) in [7, 11) is 5.35. The third-order valence-corrected chi connectivity index (χ3v) is 6.21. The van der Waals surface area contributed by atoms with Gasteiger partial charge in [0.1, 0.15) is 0 Å². The molecule has 0 saturated carbocycles. The maximum absolute atomic E-state index is 13.1. The minimum atomic E-state index is -0.676. The molecule has 7 nitrogen and oxygen atoms in total. The van der Waals surface area contributed by atoms with Crippen LogP contribution in [0.25, 0.3) is 11.1 Å². The number of anilines is 1. The summed E-state index contributed by atoms with van der Waals surface area (Å²) in [5.41, 5.74) is 3.08. The van der Waals surface area contributed by atoms with Gasteiger partial charge in [0.2, 0.25) is 11.9 Å². The van der Waals surface area contributed by atoms with Crippen molar-refractivity contribution >= 4 is 17.8 Å². The number of amides is 2. The van der Waals surface area contributed by atoms with Crippen LogP contribution in [-0.2, 0) is 11.2 Å². The Morgan fingerprint density at radius 2 is 1.73 bits per heavy atom. The lowest BCUT2D eigenvalue weighted by atomic mass is 9.79. The molecule has 1 aliphatic heterocycles. The van der Waals surface area contributed by atoms with Gasteiger partial charge in [0.25, 0.3) is 5.91 Å². The summed E-state index contributed by atoms with van der Waals surface area (Å²) in [6.45, 7) is 0.872. The second kappa shape index (κ2) is 9.40. The number of nitrogens with zero attached hydrogens (tertiary/aromatic N) is 4. The third kappa shape index (κ3) is 4.72. The van der Waals surface area contributed by atoms with Gasteiger partial charge in [-0.15, -0.1) is 0 Å². The van der Waals surface area contributed by atoms with E-state index in [9.17, 15) is 9.59 Å². The molecule has 1 atom stereocenters. The van der Waals surface area contributed by atoms with Crippen LogP contribution >= 0.6 is 0 Å². The van der Waals surface area contributed by atoms with Gasteiger partial charge in [0, 0.05) is 46.6 Å². The van der Waals surface area contributed by atoms with Crippen LogP contribution < -0.4 is 10.2 Å². The fourth-order valence-corrected chi connectivity index (χ4v) is 4.45. The highest BCUT2D eigenvalue weighted by Gasteiger charge is 2.45. The van der Waals surface area contributed by atoms with Crippen LogP contribution in [0.4, 0.5) is 5.95 Å². The van der Waals surface area contributed by atoms with Crippen LogP contribution in [0, 0.1) is 5.41 Å². The SMILES string of the molecule is CNC(=O)[C@@]1(Cc2cccc(-c3ccccc3)c2)CCN(C(=O)c2cnc(N(C)C)nc2)C1.